The standard InChI is InChI=1S/C11H15ClN6O/c1-3-13-11-15-6-8(12)10(17-11)14-5-4-9-16-7(2)18-19-9/h6H,3-5H2,1-2H3,(H2,13,14,15,17). The predicted molar refractivity (Wildman–Crippen MR) is 72.4 cm³/mol. The maximum atomic E-state index is 6.02. The summed E-state index contributed by atoms with van der Waals surface area (Å²) in [5.74, 6) is 2.35. The van der Waals surface area contributed by atoms with Crippen molar-refractivity contribution in [2.45, 2.75) is 20.3 Å². The molecule has 0 spiro atoms. The lowest BCUT2D eigenvalue weighted by Crippen LogP contribution is -2.09. The predicted octanol–water partition coefficient (Wildman–Crippen LogP) is 1.91. The van der Waals surface area contributed by atoms with E-state index in [2.05, 4.69) is 30.7 Å². The van der Waals surface area contributed by atoms with Crippen LogP contribution in [0, 0.1) is 6.92 Å². The molecule has 0 aliphatic heterocycles. The third-order valence-corrected chi connectivity index (χ3v) is 2.56. The summed E-state index contributed by atoms with van der Waals surface area (Å²) in [5, 5.41) is 10.3. The minimum atomic E-state index is 0.475. The molecular weight excluding hydrogens is 268 g/mol. The third-order valence-electron chi connectivity index (χ3n) is 2.28. The molecule has 0 amide bonds. The SMILES string of the molecule is CCNc1ncc(Cl)c(NCCc2nc(C)no2)n1. The van der Waals surface area contributed by atoms with Crippen LogP contribution in [0.5, 0.6) is 0 Å². The summed E-state index contributed by atoms with van der Waals surface area (Å²) in [6.45, 7) is 5.11. The Morgan fingerprint density at radius 1 is 1.32 bits per heavy atom. The number of halogens is 1. The van der Waals surface area contributed by atoms with Crippen molar-refractivity contribution in [3.8, 4) is 0 Å². The van der Waals surface area contributed by atoms with Crippen LogP contribution in [-0.2, 0) is 6.42 Å². The van der Waals surface area contributed by atoms with Gasteiger partial charge in [0.2, 0.25) is 11.8 Å². The molecule has 2 heterocycles. The zero-order chi connectivity index (χ0) is 13.7. The number of rotatable bonds is 6. The van der Waals surface area contributed by atoms with Crippen molar-refractivity contribution in [2.24, 2.45) is 0 Å². The Hall–Kier alpha value is -1.89. The number of nitrogens with one attached hydrogen (secondary N) is 2. The summed E-state index contributed by atoms with van der Waals surface area (Å²) in [5.41, 5.74) is 0. The molecule has 0 saturated heterocycles. The van der Waals surface area contributed by atoms with Gasteiger partial charge in [0.05, 0.1) is 6.20 Å². The van der Waals surface area contributed by atoms with Gasteiger partial charge in [0.25, 0.3) is 0 Å². The minimum Gasteiger partial charge on any atom is -0.368 e. The van der Waals surface area contributed by atoms with E-state index < -0.39 is 0 Å². The van der Waals surface area contributed by atoms with Gasteiger partial charge in [-0.3, -0.25) is 0 Å². The Morgan fingerprint density at radius 2 is 2.16 bits per heavy atom. The van der Waals surface area contributed by atoms with Crippen molar-refractivity contribution in [1.29, 1.82) is 0 Å². The van der Waals surface area contributed by atoms with Crippen molar-refractivity contribution in [3.05, 3.63) is 22.9 Å². The average molecular weight is 283 g/mol. The van der Waals surface area contributed by atoms with E-state index in [4.69, 9.17) is 16.1 Å². The van der Waals surface area contributed by atoms with Crippen molar-refractivity contribution in [1.82, 2.24) is 20.1 Å². The number of aryl methyl sites for hydroxylation is 1. The maximum absolute atomic E-state index is 6.02. The first-order chi connectivity index (χ1) is 9.19. The second-order valence-corrected chi connectivity index (χ2v) is 4.24. The number of hydrogen-bond donors (Lipinski definition) is 2. The molecule has 0 radical (unpaired) electrons. The van der Waals surface area contributed by atoms with Crippen LogP contribution in [0.15, 0.2) is 10.7 Å². The van der Waals surface area contributed by atoms with Crippen molar-refractivity contribution in [2.75, 3.05) is 23.7 Å². The Morgan fingerprint density at radius 3 is 2.84 bits per heavy atom. The highest BCUT2D eigenvalue weighted by atomic mass is 35.5. The van der Waals surface area contributed by atoms with E-state index >= 15 is 0 Å². The van der Waals surface area contributed by atoms with Crippen LogP contribution in [0.25, 0.3) is 0 Å². The topological polar surface area (TPSA) is 88.8 Å². The highest BCUT2D eigenvalue weighted by Crippen LogP contribution is 2.19. The van der Waals surface area contributed by atoms with Gasteiger partial charge in [-0.1, -0.05) is 16.8 Å². The summed E-state index contributed by atoms with van der Waals surface area (Å²) in [6.07, 6.45) is 2.17. The molecule has 102 valence electrons. The lowest BCUT2D eigenvalue weighted by atomic mass is 10.4. The maximum Gasteiger partial charge on any atom is 0.228 e. The van der Waals surface area contributed by atoms with Crippen LogP contribution < -0.4 is 10.6 Å². The van der Waals surface area contributed by atoms with Crippen LogP contribution in [0.3, 0.4) is 0 Å². The quantitative estimate of drug-likeness (QED) is 0.836. The van der Waals surface area contributed by atoms with E-state index in [1.165, 1.54) is 0 Å². The molecule has 7 nitrogen and oxygen atoms in total. The Bertz CT molecular complexity index is 544. The Kier molecular flexibility index (Phi) is 4.51. The lowest BCUT2D eigenvalue weighted by Gasteiger charge is -2.08. The van der Waals surface area contributed by atoms with Gasteiger partial charge in [0, 0.05) is 19.5 Å². The zero-order valence-corrected chi connectivity index (χ0v) is 11.5. The number of nitrogens with zero attached hydrogens (tertiary/aromatic N) is 4. The van der Waals surface area contributed by atoms with Crippen molar-refractivity contribution in [3.63, 3.8) is 0 Å². The molecule has 0 aromatic carbocycles. The third kappa shape index (κ3) is 3.78. The van der Waals surface area contributed by atoms with Crippen molar-refractivity contribution < 1.29 is 4.52 Å². The molecule has 0 unspecified atom stereocenters. The first-order valence-corrected chi connectivity index (χ1v) is 6.36. The second kappa shape index (κ2) is 6.33. The fraction of sp³-hybridized carbons (Fsp3) is 0.455. The molecule has 0 aliphatic rings. The van der Waals surface area contributed by atoms with Gasteiger partial charge >= 0.3 is 0 Å². The molecule has 19 heavy (non-hydrogen) atoms. The van der Waals surface area contributed by atoms with Gasteiger partial charge < -0.3 is 15.2 Å². The molecule has 0 bridgehead atoms. The van der Waals surface area contributed by atoms with Gasteiger partial charge in [0.1, 0.15) is 10.8 Å². The van der Waals surface area contributed by atoms with Crippen LogP contribution in [0.4, 0.5) is 11.8 Å². The molecular formula is C11H15ClN6O. The minimum absolute atomic E-state index is 0.475. The highest BCUT2D eigenvalue weighted by Gasteiger charge is 2.06. The molecule has 2 rings (SSSR count). The van der Waals surface area contributed by atoms with Crippen LogP contribution in [0.1, 0.15) is 18.6 Å². The first kappa shape index (κ1) is 13.5. The van der Waals surface area contributed by atoms with E-state index in [0.29, 0.717) is 41.5 Å². The largest absolute Gasteiger partial charge is 0.368 e. The highest BCUT2D eigenvalue weighted by molar-refractivity contribution is 6.32. The summed E-state index contributed by atoms with van der Waals surface area (Å²) in [7, 11) is 0. The zero-order valence-electron chi connectivity index (χ0n) is 10.8. The number of aromatic nitrogens is 4. The average Bonchev–Trinajstić information content (AvgIpc) is 2.79. The van der Waals surface area contributed by atoms with Gasteiger partial charge in [-0.05, 0) is 13.8 Å². The monoisotopic (exact) mass is 282 g/mol. The Labute approximate surface area is 115 Å². The van der Waals surface area contributed by atoms with E-state index in [1.807, 2.05) is 6.92 Å². The summed E-state index contributed by atoms with van der Waals surface area (Å²) >= 11 is 6.02. The Balaban J connectivity index is 1.93. The molecule has 0 saturated carbocycles. The van der Waals surface area contributed by atoms with Gasteiger partial charge in [-0.15, -0.1) is 0 Å². The van der Waals surface area contributed by atoms with E-state index in [9.17, 15) is 0 Å². The normalized spacial score (nSPS) is 10.5. The smallest absolute Gasteiger partial charge is 0.228 e. The molecule has 2 aromatic heterocycles. The van der Waals surface area contributed by atoms with Crippen molar-refractivity contribution >= 4 is 23.4 Å². The van der Waals surface area contributed by atoms with Crippen LogP contribution in [0.2, 0.25) is 5.02 Å². The molecule has 0 atom stereocenters. The van der Waals surface area contributed by atoms with E-state index in [0.717, 1.165) is 6.54 Å². The van der Waals surface area contributed by atoms with E-state index in [-0.39, 0.29) is 0 Å². The summed E-state index contributed by atoms with van der Waals surface area (Å²) < 4.78 is 5.02. The second-order valence-electron chi connectivity index (χ2n) is 3.83. The number of anilines is 2. The van der Waals surface area contributed by atoms with Crippen LogP contribution in [-0.4, -0.2) is 33.2 Å². The van der Waals surface area contributed by atoms with Gasteiger partial charge in [-0.2, -0.15) is 9.97 Å². The fourth-order valence-electron chi connectivity index (χ4n) is 1.46. The summed E-state index contributed by atoms with van der Waals surface area (Å²) in [6, 6.07) is 0. The van der Waals surface area contributed by atoms with Crippen LogP contribution >= 0.6 is 11.6 Å². The molecule has 0 fully saturated rings. The molecule has 8 heteroatoms. The fourth-order valence-corrected chi connectivity index (χ4v) is 1.62. The molecule has 0 aliphatic carbocycles. The first-order valence-electron chi connectivity index (χ1n) is 5.98. The molecule has 2 N–H and O–H groups in total. The van der Waals surface area contributed by atoms with Gasteiger partial charge in [-0.25, -0.2) is 4.98 Å². The van der Waals surface area contributed by atoms with E-state index in [1.54, 1.807) is 13.1 Å². The lowest BCUT2D eigenvalue weighted by molar-refractivity contribution is 0.377. The van der Waals surface area contributed by atoms with Gasteiger partial charge in [0.15, 0.2) is 5.82 Å². The molecule has 2 aromatic rings. The summed E-state index contributed by atoms with van der Waals surface area (Å²) in [4.78, 5) is 12.4. The number of hydrogen-bond acceptors (Lipinski definition) is 7.